The predicted octanol–water partition coefficient (Wildman–Crippen LogP) is 3.99. The van der Waals surface area contributed by atoms with Crippen molar-refractivity contribution in [3.8, 4) is 0 Å². The second-order valence-corrected chi connectivity index (χ2v) is 8.52. The van der Waals surface area contributed by atoms with Crippen LogP contribution in [0.5, 0.6) is 0 Å². The Morgan fingerprint density at radius 2 is 1.58 bits per heavy atom. The predicted molar refractivity (Wildman–Crippen MR) is 84.1 cm³/mol. The van der Waals surface area contributed by atoms with E-state index in [-0.39, 0.29) is 17.0 Å². The maximum absolute atomic E-state index is 2.67. The van der Waals surface area contributed by atoms with Crippen molar-refractivity contribution in [2.24, 2.45) is 16.7 Å². The Morgan fingerprint density at radius 1 is 0.947 bits per heavy atom. The summed E-state index contributed by atoms with van der Waals surface area (Å²) in [4.78, 5) is 5.00. The van der Waals surface area contributed by atoms with E-state index in [0.717, 1.165) is 12.6 Å². The highest BCUT2D eigenvalue weighted by Crippen LogP contribution is 2.67. The Balaban J connectivity index is 0.00000110. The van der Waals surface area contributed by atoms with Crippen LogP contribution in [0.2, 0.25) is 0 Å². The maximum atomic E-state index is 2.67. The summed E-state index contributed by atoms with van der Waals surface area (Å²) in [6, 6.07) is 0. The molecule has 4 saturated carbocycles. The third-order valence-corrected chi connectivity index (χ3v) is 6.08. The van der Waals surface area contributed by atoms with Crippen LogP contribution in [-0.2, 0) is 0 Å². The molecule has 0 aromatic rings. The number of hydrogen-bond donors (Lipinski definition) is 0. The van der Waals surface area contributed by atoms with Gasteiger partial charge in [0.05, 0.1) is 6.67 Å². The first-order valence-corrected chi connectivity index (χ1v) is 7.56. The summed E-state index contributed by atoms with van der Waals surface area (Å²) in [5, 5.41) is 0. The molecular formula is C16H27BrN2. The van der Waals surface area contributed by atoms with E-state index < -0.39 is 0 Å². The molecule has 2 nitrogen and oxygen atoms in total. The molecule has 0 aromatic carbocycles. The number of halogens is 1. The van der Waals surface area contributed by atoms with E-state index >= 15 is 0 Å². The molecule has 5 aliphatic rings. The number of nitrogens with zero attached hydrogens (tertiary/aromatic N) is 2. The van der Waals surface area contributed by atoms with Gasteiger partial charge in [0.1, 0.15) is 0 Å². The number of rotatable bonds is 1. The lowest BCUT2D eigenvalue weighted by Gasteiger charge is -2.67. The van der Waals surface area contributed by atoms with Crippen molar-refractivity contribution in [1.29, 1.82) is 0 Å². The minimum atomic E-state index is 0. The molecule has 108 valence electrons. The van der Waals surface area contributed by atoms with Crippen molar-refractivity contribution < 1.29 is 0 Å². The van der Waals surface area contributed by atoms with E-state index in [0.29, 0.717) is 16.4 Å². The first kappa shape index (κ1) is 13.8. The number of hydrogen-bond acceptors (Lipinski definition) is 2. The second kappa shape index (κ2) is 3.93. The molecule has 0 N–H and O–H groups in total. The molecule has 0 amide bonds. The van der Waals surface area contributed by atoms with Crippen molar-refractivity contribution in [3.05, 3.63) is 12.4 Å². The monoisotopic (exact) mass is 326 g/mol. The summed E-state index contributed by atoms with van der Waals surface area (Å²) >= 11 is 0. The molecule has 1 heterocycles. The topological polar surface area (TPSA) is 6.48 Å². The highest BCUT2D eigenvalue weighted by molar-refractivity contribution is 8.93. The Morgan fingerprint density at radius 3 is 2.05 bits per heavy atom. The lowest BCUT2D eigenvalue weighted by molar-refractivity contribution is -0.152. The van der Waals surface area contributed by atoms with Crippen molar-refractivity contribution in [2.75, 3.05) is 13.7 Å². The summed E-state index contributed by atoms with van der Waals surface area (Å²) < 4.78 is 0. The van der Waals surface area contributed by atoms with Gasteiger partial charge in [0.25, 0.3) is 0 Å². The van der Waals surface area contributed by atoms with Crippen LogP contribution < -0.4 is 0 Å². The third-order valence-electron chi connectivity index (χ3n) is 6.08. The molecule has 2 atom stereocenters. The zero-order valence-corrected chi connectivity index (χ0v) is 14.2. The Bertz CT molecular complexity index is 401. The first-order chi connectivity index (χ1) is 8.41. The largest absolute Gasteiger partial charge is 0.362 e. The minimum Gasteiger partial charge on any atom is -0.362 e. The smallest absolute Gasteiger partial charge is 0.0896 e. The highest BCUT2D eigenvalue weighted by Gasteiger charge is 2.61. The molecule has 0 spiro atoms. The van der Waals surface area contributed by atoms with Crippen LogP contribution in [0, 0.1) is 16.7 Å². The normalized spacial score (nSPS) is 50.8. The zero-order valence-electron chi connectivity index (χ0n) is 12.5. The SMILES string of the molecule is Br.CN1C=CN(C23CC4CC(C)(CC(C)(C4)C2)C3)C1. The van der Waals surface area contributed by atoms with E-state index in [1.807, 2.05) is 0 Å². The quantitative estimate of drug-likeness (QED) is 0.718. The average molecular weight is 327 g/mol. The summed E-state index contributed by atoms with van der Waals surface area (Å²) in [5.41, 5.74) is 1.75. The van der Waals surface area contributed by atoms with Gasteiger partial charge >= 0.3 is 0 Å². The van der Waals surface area contributed by atoms with Gasteiger partial charge < -0.3 is 9.80 Å². The third kappa shape index (κ3) is 1.95. The Hall–Kier alpha value is -0.180. The highest BCUT2D eigenvalue weighted by atomic mass is 79.9. The molecule has 4 aliphatic carbocycles. The summed E-state index contributed by atoms with van der Waals surface area (Å²) in [6.07, 6.45) is 13.4. The van der Waals surface area contributed by atoms with E-state index in [9.17, 15) is 0 Å². The maximum Gasteiger partial charge on any atom is 0.0896 e. The van der Waals surface area contributed by atoms with Gasteiger partial charge in [0.2, 0.25) is 0 Å². The van der Waals surface area contributed by atoms with Gasteiger partial charge in [-0.05, 0) is 55.3 Å². The van der Waals surface area contributed by atoms with Crippen LogP contribution in [0.15, 0.2) is 12.4 Å². The molecule has 5 rings (SSSR count). The van der Waals surface area contributed by atoms with Crippen LogP contribution in [0.3, 0.4) is 0 Å². The molecule has 0 radical (unpaired) electrons. The minimum absolute atomic E-state index is 0. The zero-order chi connectivity index (χ0) is 12.6. The van der Waals surface area contributed by atoms with Crippen molar-refractivity contribution in [3.63, 3.8) is 0 Å². The second-order valence-electron chi connectivity index (χ2n) is 8.52. The fourth-order valence-electron chi connectivity index (χ4n) is 6.54. The lowest BCUT2D eigenvalue weighted by Crippen LogP contribution is -2.64. The van der Waals surface area contributed by atoms with Gasteiger partial charge in [0.15, 0.2) is 0 Å². The molecule has 4 fully saturated rings. The first-order valence-electron chi connectivity index (χ1n) is 7.56. The van der Waals surface area contributed by atoms with Crippen LogP contribution >= 0.6 is 17.0 Å². The van der Waals surface area contributed by atoms with Crippen LogP contribution in [0.1, 0.15) is 52.4 Å². The fourth-order valence-corrected chi connectivity index (χ4v) is 6.54. The van der Waals surface area contributed by atoms with E-state index in [1.165, 1.54) is 38.5 Å². The van der Waals surface area contributed by atoms with Crippen LogP contribution in [0.25, 0.3) is 0 Å². The molecule has 4 bridgehead atoms. The van der Waals surface area contributed by atoms with Gasteiger partial charge in [-0.25, -0.2) is 0 Å². The van der Waals surface area contributed by atoms with Crippen molar-refractivity contribution >= 4 is 17.0 Å². The van der Waals surface area contributed by atoms with E-state index in [2.05, 4.69) is 43.1 Å². The van der Waals surface area contributed by atoms with Crippen molar-refractivity contribution in [1.82, 2.24) is 9.80 Å². The molecule has 1 aliphatic heterocycles. The van der Waals surface area contributed by atoms with Crippen LogP contribution in [-0.4, -0.2) is 29.1 Å². The van der Waals surface area contributed by atoms with Gasteiger partial charge in [0, 0.05) is 25.0 Å². The van der Waals surface area contributed by atoms with Gasteiger partial charge in [-0.3, -0.25) is 0 Å². The van der Waals surface area contributed by atoms with E-state index in [4.69, 9.17) is 0 Å². The van der Waals surface area contributed by atoms with Gasteiger partial charge in [-0.1, -0.05) is 13.8 Å². The molecule has 3 heteroatoms. The van der Waals surface area contributed by atoms with Gasteiger partial charge in [-0.2, -0.15) is 0 Å². The molecule has 0 aromatic heterocycles. The van der Waals surface area contributed by atoms with Gasteiger partial charge in [-0.15, -0.1) is 17.0 Å². The molecule has 19 heavy (non-hydrogen) atoms. The summed E-state index contributed by atoms with van der Waals surface area (Å²) in [7, 11) is 2.19. The summed E-state index contributed by atoms with van der Waals surface area (Å²) in [6.45, 7) is 6.24. The van der Waals surface area contributed by atoms with Crippen molar-refractivity contribution in [2.45, 2.75) is 57.9 Å². The lowest BCUT2D eigenvalue weighted by atomic mass is 9.42. The Kier molecular flexibility index (Phi) is 2.85. The standard InChI is InChI=1S/C16H26N2.BrH/c1-14-6-13-7-15(2,9-14)11-16(8-13,10-14)18-5-4-17(3)12-18;/h4-5,13H,6-12H2,1-3H3;1H. The van der Waals surface area contributed by atoms with Crippen LogP contribution in [0.4, 0.5) is 0 Å². The fraction of sp³-hybridized carbons (Fsp3) is 0.875. The molecular weight excluding hydrogens is 300 g/mol. The molecule has 2 unspecified atom stereocenters. The average Bonchev–Trinajstić information content (AvgIpc) is 2.59. The Labute approximate surface area is 128 Å². The molecule has 0 saturated heterocycles. The van der Waals surface area contributed by atoms with E-state index in [1.54, 1.807) is 0 Å². The summed E-state index contributed by atoms with van der Waals surface area (Å²) in [5.74, 6) is 0.996.